The van der Waals surface area contributed by atoms with E-state index in [1.807, 2.05) is 0 Å². The number of hydrogen-bond acceptors (Lipinski definition) is 4. The van der Waals surface area contributed by atoms with Crippen molar-refractivity contribution in [1.29, 1.82) is 0 Å². The van der Waals surface area contributed by atoms with E-state index in [2.05, 4.69) is 20.3 Å². The molecule has 0 N–H and O–H groups in total. The van der Waals surface area contributed by atoms with Crippen molar-refractivity contribution in [3.63, 3.8) is 0 Å². The Morgan fingerprint density at radius 1 is 1.29 bits per heavy atom. The van der Waals surface area contributed by atoms with Crippen LogP contribution in [-0.2, 0) is 19.1 Å². The third kappa shape index (κ3) is 1.92. The lowest BCUT2D eigenvalue weighted by atomic mass is 9.49. The molecule has 0 amide bonds. The molecule has 0 heterocycles. The highest BCUT2D eigenvalue weighted by atomic mass is 16.6. The molecule has 3 rings (SSSR count). The van der Waals surface area contributed by atoms with Gasteiger partial charge in [0.25, 0.3) is 0 Å². The third-order valence-corrected chi connectivity index (χ3v) is 3.61. The van der Waals surface area contributed by atoms with Crippen LogP contribution >= 0.6 is 0 Å². The van der Waals surface area contributed by atoms with Gasteiger partial charge < -0.3 is 9.47 Å². The van der Waals surface area contributed by atoms with Gasteiger partial charge in [-0.1, -0.05) is 13.8 Å². The van der Waals surface area contributed by atoms with Crippen LogP contribution in [0.4, 0.5) is 0 Å². The molecule has 0 aliphatic heterocycles. The summed E-state index contributed by atoms with van der Waals surface area (Å²) in [5, 5.41) is 0. The summed E-state index contributed by atoms with van der Waals surface area (Å²) in [5.74, 6) is 0.297. The maximum Gasteiger partial charge on any atom is 0.307 e. The Hall–Kier alpha value is -1.45. The lowest BCUT2D eigenvalue weighted by Crippen LogP contribution is -2.56. The molecule has 3 aliphatic rings. The highest BCUT2D eigenvalue weighted by Crippen LogP contribution is 2.59. The molecule has 1 unspecified atom stereocenters. The first-order chi connectivity index (χ1) is 7.82. The number of hydrogen-bond donors (Lipinski definition) is 0. The van der Waals surface area contributed by atoms with Crippen LogP contribution < -0.4 is 0 Å². The molecule has 1 fully saturated rings. The zero-order valence-electron chi connectivity index (χ0n) is 10.5. The van der Waals surface area contributed by atoms with E-state index in [1.54, 1.807) is 6.08 Å². The number of allylic oxidation sites excluding steroid dienone is 1. The molecule has 0 aromatic rings. The Balaban J connectivity index is 2.23. The van der Waals surface area contributed by atoms with Crippen molar-refractivity contribution >= 4 is 11.9 Å². The summed E-state index contributed by atoms with van der Waals surface area (Å²) in [4.78, 5) is 22.1. The maximum atomic E-state index is 11.0. The van der Waals surface area contributed by atoms with Gasteiger partial charge in [0.2, 0.25) is 0 Å². The molecule has 3 aliphatic carbocycles. The first kappa shape index (κ1) is 12.0. The van der Waals surface area contributed by atoms with E-state index in [0.29, 0.717) is 5.76 Å². The molecule has 4 nitrogen and oxygen atoms in total. The molecular formula is C13H17O4+. The highest BCUT2D eigenvalue weighted by molar-refractivity contribution is 5.68. The van der Waals surface area contributed by atoms with Crippen LogP contribution in [0.2, 0.25) is 0 Å². The molecule has 0 spiro atoms. The molecule has 0 aromatic heterocycles. The molecule has 0 radical (unpaired) electrons. The second-order valence-corrected chi connectivity index (χ2v) is 5.25. The summed E-state index contributed by atoms with van der Waals surface area (Å²) in [7, 11) is 0. The average molecular weight is 237 g/mol. The van der Waals surface area contributed by atoms with E-state index in [0.717, 1.165) is 0 Å². The Morgan fingerprint density at radius 2 is 1.94 bits per heavy atom. The predicted molar refractivity (Wildman–Crippen MR) is 60.5 cm³/mol. The van der Waals surface area contributed by atoms with Crippen molar-refractivity contribution in [2.24, 2.45) is 17.3 Å². The topological polar surface area (TPSA) is 52.6 Å². The summed E-state index contributed by atoms with van der Waals surface area (Å²) >= 11 is 0. The van der Waals surface area contributed by atoms with Gasteiger partial charge in [0.1, 0.15) is 5.92 Å². The first-order valence-corrected chi connectivity index (χ1v) is 5.74. The second-order valence-electron chi connectivity index (χ2n) is 5.25. The van der Waals surface area contributed by atoms with E-state index >= 15 is 0 Å². The normalized spacial score (nSPS) is 32.7. The van der Waals surface area contributed by atoms with Gasteiger partial charge in [-0.3, -0.25) is 9.59 Å². The SMILES string of the molecule is CC(=O)OC1=CC(OC(C)=O)[C@@H]2[CH+][C@H]1C2(C)C. The molecule has 92 valence electrons. The van der Waals surface area contributed by atoms with Gasteiger partial charge in [0, 0.05) is 19.9 Å². The second kappa shape index (κ2) is 3.79. The average Bonchev–Trinajstić information content (AvgIpc) is 2.13. The number of rotatable bonds is 2. The van der Waals surface area contributed by atoms with E-state index in [9.17, 15) is 9.59 Å². The highest BCUT2D eigenvalue weighted by Gasteiger charge is 2.67. The number of carbonyl (C=O) groups is 2. The van der Waals surface area contributed by atoms with Gasteiger partial charge in [-0.2, -0.15) is 0 Å². The van der Waals surface area contributed by atoms with Crippen LogP contribution in [0.3, 0.4) is 0 Å². The van der Waals surface area contributed by atoms with Crippen molar-refractivity contribution in [3.05, 3.63) is 18.3 Å². The van der Waals surface area contributed by atoms with Gasteiger partial charge in [-0.15, -0.1) is 0 Å². The summed E-state index contributed by atoms with van der Waals surface area (Å²) < 4.78 is 10.4. The zero-order chi connectivity index (χ0) is 12.8. The third-order valence-electron chi connectivity index (χ3n) is 3.61. The van der Waals surface area contributed by atoms with E-state index in [4.69, 9.17) is 9.47 Å². The molecule has 3 atom stereocenters. The predicted octanol–water partition coefficient (Wildman–Crippen LogP) is 1.86. The molecular weight excluding hydrogens is 220 g/mol. The molecule has 4 heteroatoms. The summed E-state index contributed by atoms with van der Waals surface area (Å²) in [6, 6.07) is 0. The zero-order valence-corrected chi connectivity index (χ0v) is 10.5. The molecule has 0 aromatic carbocycles. The Kier molecular flexibility index (Phi) is 2.68. The minimum atomic E-state index is -0.340. The fourth-order valence-electron chi connectivity index (χ4n) is 2.72. The number of fused-ring (bicyclic) bond motifs is 1. The first-order valence-electron chi connectivity index (χ1n) is 5.74. The lowest BCUT2D eigenvalue weighted by molar-refractivity contribution is -0.155. The van der Waals surface area contributed by atoms with E-state index in [1.165, 1.54) is 13.8 Å². The minimum absolute atomic E-state index is 0.0281. The van der Waals surface area contributed by atoms with Crippen LogP contribution in [-0.4, -0.2) is 18.0 Å². The van der Waals surface area contributed by atoms with Gasteiger partial charge in [-0.25, -0.2) is 0 Å². The Bertz CT molecular complexity index is 394. The van der Waals surface area contributed by atoms with Crippen LogP contribution in [0.1, 0.15) is 27.7 Å². The lowest BCUT2D eigenvalue weighted by Gasteiger charge is -2.48. The Morgan fingerprint density at radius 3 is 2.41 bits per heavy atom. The van der Waals surface area contributed by atoms with E-state index in [-0.39, 0.29) is 35.3 Å². The standard InChI is InChI=1S/C13H17O4/c1-7(14)16-11-6-12(17-8(2)15)10-5-9(11)13(10,3)4/h5-6,9-11H,1-4H3/q+1/t9-,10+,11?/m0/s1. The molecule has 0 saturated heterocycles. The smallest absolute Gasteiger partial charge is 0.307 e. The summed E-state index contributed by atoms with van der Waals surface area (Å²) in [6.07, 6.45) is 3.52. The van der Waals surface area contributed by atoms with Crippen LogP contribution in [0.15, 0.2) is 11.8 Å². The molecule has 1 saturated carbocycles. The van der Waals surface area contributed by atoms with Gasteiger partial charge in [-0.05, 0) is 0 Å². The van der Waals surface area contributed by atoms with Crippen molar-refractivity contribution in [2.75, 3.05) is 0 Å². The van der Waals surface area contributed by atoms with Gasteiger partial charge in [0.15, 0.2) is 17.8 Å². The van der Waals surface area contributed by atoms with Gasteiger partial charge >= 0.3 is 11.9 Å². The quantitative estimate of drug-likeness (QED) is 0.543. The minimum Gasteiger partial charge on any atom is -0.453 e. The largest absolute Gasteiger partial charge is 0.453 e. The van der Waals surface area contributed by atoms with Crippen molar-refractivity contribution in [1.82, 2.24) is 0 Å². The van der Waals surface area contributed by atoms with Crippen molar-refractivity contribution in [2.45, 2.75) is 33.8 Å². The number of ether oxygens (including phenoxy) is 2. The fraction of sp³-hybridized carbons (Fsp3) is 0.615. The number of esters is 2. The van der Waals surface area contributed by atoms with Crippen molar-refractivity contribution in [3.8, 4) is 0 Å². The Labute approximate surface area is 101 Å². The van der Waals surface area contributed by atoms with Crippen LogP contribution in [0.5, 0.6) is 0 Å². The molecule has 2 bridgehead atoms. The van der Waals surface area contributed by atoms with E-state index < -0.39 is 0 Å². The van der Waals surface area contributed by atoms with Crippen LogP contribution in [0, 0.1) is 23.7 Å². The number of carbonyl (C=O) groups excluding carboxylic acids is 2. The van der Waals surface area contributed by atoms with Gasteiger partial charge in [0.05, 0.1) is 11.8 Å². The molecule has 17 heavy (non-hydrogen) atoms. The monoisotopic (exact) mass is 237 g/mol. The maximum absolute atomic E-state index is 11.0. The van der Waals surface area contributed by atoms with Crippen molar-refractivity contribution < 1.29 is 19.1 Å². The summed E-state index contributed by atoms with van der Waals surface area (Å²) in [5.41, 5.74) is -0.0281. The van der Waals surface area contributed by atoms with Crippen LogP contribution in [0.25, 0.3) is 0 Å². The fourth-order valence-corrected chi connectivity index (χ4v) is 2.72. The summed E-state index contributed by atoms with van der Waals surface area (Å²) in [6.45, 7) is 6.95.